The van der Waals surface area contributed by atoms with Crippen LogP contribution in [0.15, 0.2) is 12.2 Å². The number of aliphatic hydroxyl groups is 3. The van der Waals surface area contributed by atoms with Crippen molar-refractivity contribution < 1.29 is 43.9 Å². The summed E-state index contributed by atoms with van der Waals surface area (Å²) in [6.07, 6.45) is -5.02. The van der Waals surface area contributed by atoms with E-state index in [0.29, 0.717) is 5.57 Å². The predicted molar refractivity (Wildman–Crippen MR) is 94.3 cm³/mol. The van der Waals surface area contributed by atoms with E-state index in [1.54, 1.807) is 20.8 Å². The van der Waals surface area contributed by atoms with Crippen molar-refractivity contribution in [3.8, 4) is 0 Å². The molecule has 2 aliphatic carbocycles. The second-order valence-electron chi connectivity index (χ2n) is 9.46. The molecule has 0 aromatic rings. The van der Waals surface area contributed by atoms with Gasteiger partial charge < -0.3 is 34.3 Å². The minimum Gasteiger partial charge on any atom is -0.459 e. The number of aliphatic hydroxyl groups excluding tert-OH is 1. The van der Waals surface area contributed by atoms with Crippen molar-refractivity contribution in [2.24, 2.45) is 17.3 Å². The van der Waals surface area contributed by atoms with Gasteiger partial charge in [-0.3, -0.25) is 4.79 Å². The van der Waals surface area contributed by atoms with Crippen molar-refractivity contribution in [1.82, 2.24) is 0 Å². The summed E-state index contributed by atoms with van der Waals surface area (Å²) in [4.78, 5) is 25.5. The Bertz CT molecular complexity index is 842. The highest BCUT2D eigenvalue weighted by Gasteiger charge is 2.94. The molecule has 0 unspecified atom stereocenters. The Balaban J connectivity index is 1.68. The molecule has 0 aromatic heterocycles. The molecular formula is C20H26O9. The number of methoxy groups -OCH3 is 1. The second kappa shape index (κ2) is 5.20. The quantitative estimate of drug-likeness (QED) is 0.306. The average molecular weight is 410 g/mol. The van der Waals surface area contributed by atoms with Crippen LogP contribution < -0.4 is 0 Å². The molecule has 3 aliphatic heterocycles. The molecule has 5 aliphatic rings. The Labute approximate surface area is 167 Å². The molecule has 5 rings (SSSR count). The Hall–Kier alpha value is -1.52. The van der Waals surface area contributed by atoms with Gasteiger partial charge in [-0.15, -0.1) is 0 Å². The number of rotatable bonds is 3. The summed E-state index contributed by atoms with van der Waals surface area (Å²) >= 11 is 0. The molecule has 3 heterocycles. The van der Waals surface area contributed by atoms with Crippen LogP contribution in [-0.4, -0.2) is 81.7 Å². The van der Waals surface area contributed by atoms with Gasteiger partial charge in [0.05, 0.1) is 17.4 Å². The maximum Gasteiger partial charge on any atom is 0.341 e. The van der Waals surface area contributed by atoms with Crippen LogP contribution in [0.25, 0.3) is 0 Å². The van der Waals surface area contributed by atoms with Crippen molar-refractivity contribution in [1.29, 1.82) is 0 Å². The lowest BCUT2D eigenvalue weighted by Gasteiger charge is -2.57. The fraction of sp³-hybridized carbons (Fsp3) is 0.800. The van der Waals surface area contributed by atoms with Crippen molar-refractivity contribution in [3.63, 3.8) is 0 Å². The number of hydrogen-bond acceptors (Lipinski definition) is 9. The third-order valence-corrected chi connectivity index (χ3v) is 8.45. The minimum absolute atomic E-state index is 0.240. The fourth-order valence-electron chi connectivity index (χ4n) is 6.66. The Morgan fingerprint density at radius 2 is 1.97 bits per heavy atom. The third-order valence-electron chi connectivity index (χ3n) is 8.45. The highest BCUT2D eigenvalue weighted by molar-refractivity contribution is 5.85. The summed E-state index contributed by atoms with van der Waals surface area (Å²) in [5.74, 6) is -3.14. The number of esters is 2. The first kappa shape index (κ1) is 19.4. The number of hydrogen-bond donors (Lipinski definition) is 3. The zero-order chi connectivity index (χ0) is 21.3. The van der Waals surface area contributed by atoms with Crippen molar-refractivity contribution >= 4 is 11.9 Å². The van der Waals surface area contributed by atoms with Crippen molar-refractivity contribution in [2.45, 2.75) is 74.5 Å². The summed E-state index contributed by atoms with van der Waals surface area (Å²) < 4.78 is 22.1. The van der Waals surface area contributed by atoms with Gasteiger partial charge in [0.2, 0.25) is 0 Å². The van der Waals surface area contributed by atoms with Gasteiger partial charge in [-0.25, -0.2) is 4.79 Å². The first-order valence-corrected chi connectivity index (χ1v) is 9.82. The molecule has 0 aromatic carbocycles. The van der Waals surface area contributed by atoms with Crippen LogP contribution in [0.5, 0.6) is 0 Å². The van der Waals surface area contributed by atoms with Crippen LogP contribution in [-0.2, 0) is 28.5 Å². The van der Waals surface area contributed by atoms with Gasteiger partial charge in [-0.1, -0.05) is 19.1 Å². The Kier molecular flexibility index (Phi) is 3.49. The van der Waals surface area contributed by atoms with Crippen LogP contribution >= 0.6 is 0 Å². The van der Waals surface area contributed by atoms with E-state index in [2.05, 4.69) is 6.58 Å². The van der Waals surface area contributed by atoms with E-state index in [9.17, 15) is 24.9 Å². The summed E-state index contributed by atoms with van der Waals surface area (Å²) in [5, 5.41) is 34.5. The van der Waals surface area contributed by atoms with Crippen LogP contribution in [0.4, 0.5) is 0 Å². The van der Waals surface area contributed by atoms with E-state index in [4.69, 9.17) is 18.9 Å². The molecule has 9 nitrogen and oxygen atoms in total. The van der Waals surface area contributed by atoms with Gasteiger partial charge >= 0.3 is 11.9 Å². The molecule has 0 amide bonds. The van der Waals surface area contributed by atoms with Crippen molar-refractivity contribution in [3.05, 3.63) is 12.2 Å². The maximum atomic E-state index is 12.8. The van der Waals surface area contributed by atoms with Crippen LogP contribution in [0.1, 0.15) is 27.2 Å². The van der Waals surface area contributed by atoms with Crippen LogP contribution in [0, 0.1) is 17.3 Å². The molecule has 9 heteroatoms. The van der Waals surface area contributed by atoms with Gasteiger partial charge in [0.25, 0.3) is 0 Å². The zero-order valence-corrected chi connectivity index (χ0v) is 16.7. The van der Waals surface area contributed by atoms with E-state index in [-0.39, 0.29) is 6.42 Å². The molecule has 160 valence electrons. The van der Waals surface area contributed by atoms with Crippen molar-refractivity contribution in [2.75, 3.05) is 7.11 Å². The normalized spacial score (nSPS) is 57.9. The first-order chi connectivity index (χ1) is 13.4. The predicted octanol–water partition coefficient (Wildman–Crippen LogP) is -0.935. The van der Waals surface area contributed by atoms with Crippen LogP contribution in [0.3, 0.4) is 0 Å². The molecule has 29 heavy (non-hydrogen) atoms. The van der Waals surface area contributed by atoms with Gasteiger partial charge in [-0.2, -0.15) is 0 Å². The lowest BCUT2D eigenvalue weighted by molar-refractivity contribution is -0.272. The minimum atomic E-state index is -1.98. The third kappa shape index (κ3) is 1.74. The first-order valence-electron chi connectivity index (χ1n) is 9.82. The molecule has 0 radical (unpaired) electrons. The van der Waals surface area contributed by atoms with E-state index in [1.807, 2.05) is 0 Å². The standard InChI is InChI=1S/C20H26O9/c1-7(2)9-10-15(22)27-11(9)12(21)17(4)19(13-14(28-13)20(10,17)25)6-18(24,8(3)26-5)16(23)29-19/h8-14,21,24-25H,1,6H2,2-5H3/t8-,9-,10+,11+,12+,13+,14-,17-,18+,19+,20-/m0/s1. The molecule has 2 bridgehead atoms. The van der Waals surface area contributed by atoms with Gasteiger partial charge in [0.15, 0.2) is 11.2 Å². The molecule has 2 saturated carbocycles. The summed E-state index contributed by atoms with van der Waals surface area (Å²) in [6, 6.07) is 0. The van der Waals surface area contributed by atoms with E-state index in [1.165, 1.54) is 7.11 Å². The topological polar surface area (TPSA) is 135 Å². The lowest BCUT2D eigenvalue weighted by atomic mass is 9.50. The number of carbonyl (C=O) groups excluding carboxylic acids is 2. The summed E-state index contributed by atoms with van der Waals surface area (Å²) in [6.45, 7) is 8.76. The fourth-order valence-corrected chi connectivity index (χ4v) is 6.66. The van der Waals surface area contributed by atoms with E-state index < -0.39 is 76.5 Å². The van der Waals surface area contributed by atoms with Gasteiger partial charge in [-0.05, 0) is 13.8 Å². The van der Waals surface area contributed by atoms with Crippen LogP contribution in [0.2, 0.25) is 0 Å². The van der Waals surface area contributed by atoms with E-state index in [0.717, 1.165) is 0 Å². The summed E-state index contributed by atoms with van der Waals surface area (Å²) in [5.41, 5.74) is -6.27. The zero-order valence-electron chi connectivity index (χ0n) is 16.7. The molecule has 1 spiro atoms. The highest BCUT2D eigenvalue weighted by atomic mass is 16.7. The number of epoxide rings is 1. The number of fused-ring (bicyclic) bond motifs is 8. The average Bonchev–Trinajstić information content (AvgIpc) is 3.30. The molecule has 5 fully saturated rings. The smallest absolute Gasteiger partial charge is 0.341 e. The Morgan fingerprint density at radius 1 is 1.31 bits per heavy atom. The molecule has 3 N–H and O–H groups in total. The maximum absolute atomic E-state index is 12.8. The van der Waals surface area contributed by atoms with E-state index >= 15 is 0 Å². The molecule has 3 saturated heterocycles. The lowest BCUT2D eigenvalue weighted by Crippen LogP contribution is -2.73. The monoisotopic (exact) mass is 410 g/mol. The molecule has 11 atom stereocenters. The largest absolute Gasteiger partial charge is 0.459 e. The summed E-state index contributed by atoms with van der Waals surface area (Å²) in [7, 11) is 1.36. The number of carbonyl (C=O) groups is 2. The van der Waals surface area contributed by atoms with Gasteiger partial charge in [0.1, 0.15) is 30.0 Å². The molecular weight excluding hydrogens is 384 g/mol. The SMILES string of the molecule is C=C(C)[C@@H]1[C@H]2OC(=O)[C@@H]1[C@]1(O)[C@H]3O[C@H]3[C@]3(C[C@@](O)([C@H](C)OC)C(=O)O3)[C@]1(C)[C@@H]2O. The second-order valence-corrected chi connectivity index (χ2v) is 9.46. The Morgan fingerprint density at radius 3 is 2.55 bits per heavy atom. The highest BCUT2D eigenvalue weighted by Crippen LogP contribution is 2.75. The van der Waals surface area contributed by atoms with Gasteiger partial charge in [0, 0.05) is 19.4 Å². The number of ether oxygens (including phenoxy) is 4.